The van der Waals surface area contributed by atoms with Crippen LogP contribution in [0.3, 0.4) is 0 Å². The molecule has 1 amide bonds. The highest BCUT2D eigenvalue weighted by Crippen LogP contribution is 2.27. The van der Waals surface area contributed by atoms with E-state index in [1.54, 1.807) is 24.3 Å². The van der Waals surface area contributed by atoms with Crippen molar-refractivity contribution in [3.63, 3.8) is 0 Å². The van der Waals surface area contributed by atoms with Crippen LogP contribution in [0.25, 0.3) is 11.3 Å². The molecule has 0 bridgehead atoms. The summed E-state index contributed by atoms with van der Waals surface area (Å²) < 4.78 is 5.26. The van der Waals surface area contributed by atoms with E-state index in [0.29, 0.717) is 22.1 Å². The second kappa shape index (κ2) is 6.90. The molecule has 5 nitrogen and oxygen atoms in total. The van der Waals surface area contributed by atoms with Crippen LogP contribution in [-0.2, 0) is 16.0 Å². The number of nitrogens with zero attached hydrogens (tertiary/aromatic N) is 1. The Balaban J connectivity index is 1.47. The van der Waals surface area contributed by atoms with Crippen LogP contribution >= 0.6 is 22.9 Å². The van der Waals surface area contributed by atoms with E-state index in [2.05, 4.69) is 10.3 Å². The standard InChI is InChI=1S/C19H13ClN2O3S/c20-13-7-5-11(6-8-13)15-10-26-19(21-15)22-17(23)16-9-12-3-1-2-4-14(12)18(24)25-16/h1-8,10,16H,9H2,(H,21,22,23)/t16-/m0/s1. The highest BCUT2D eigenvalue weighted by Gasteiger charge is 2.31. The molecule has 3 aromatic rings. The first kappa shape index (κ1) is 16.8. The predicted octanol–water partition coefficient (Wildman–Crippen LogP) is 4.18. The Morgan fingerprint density at radius 1 is 1.19 bits per heavy atom. The van der Waals surface area contributed by atoms with Gasteiger partial charge in [-0.25, -0.2) is 9.78 Å². The fraction of sp³-hybridized carbons (Fsp3) is 0.105. The second-order valence-electron chi connectivity index (χ2n) is 5.79. The molecule has 4 rings (SSSR count). The number of rotatable bonds is 3. The number of hydrogen-bond donors (Lipinski definition) is 1. The normalized spacial score (nSPS) is 15.9. The van der Waals surface area contributed by atoms with E-state index in [1.165, 1.54) is 11.3 Å². The first-order chi connectivity index (χ1) is 12.6. The van der Waals surface area contributed by atoms with E-state index in [9.17, 15) is 9.59 Å². The average Bonchev–Trinajstić information content (AvgIpc) is 3.10. The smallest absolute Gasteiger partial charge is 0.339 e. The monoisotopic (exact) mass is 384 g/mol. The van der Waals surface area contributed by atoms with Crippen LogP contribution in [-0.4, -0.2) is 23.0 Å². The SMILES string of the molecule is O=C1O[C@H](C(=O)Nc2nc(-c3ccc(Cl)cc3)cs2)Cc2ccccc21. The highest BCUT2D eigenvalue weighted by atomic mass is 35.5. The number of halogens is 1. The molecular formula is C19H13ClN2O3S. The number of benzene rings is 2. The lowest BCUT2D eigenvalue weighted by molar-refractivity contribution is -0.125. The molecule has 0 saturated carbocycles. The van der Waals surface area contributed by atoms with Crippen molar-refractivity contribution in [2.24, 2.45) is 0 Å². The Bertz CT molecular complexity index is 984. The van der Waals surface area contributed by atoms with E-state index in [0.717, 1.165) is 16.8 Å². The van der Waals surface area contributed by atoms with Gasteiger partial charge in [-0.1, -0.05) is 41.9 Å². The van der Waals surface area contributed by atoms with Gasteiger partial charge in [0.05, 0.1) is 11.3 Å². The Labute approximate surface area is 158 Å². The molecule has 0 saturated heterocycles. The first-order valence-electron chi connectivity index (χ1n) is 7.91. The Morgan fingerprint density at radius 2 is 1.96 bits per heavy atom. The average molecular weight is 385 g/mol. The maximum absolute atomic E-state index is 12.5. The van der Waals surface area contributed by atoms with Gasteiger partial charge >= 0.3 is 5.97 Å². The van der Waals surface area contributed by atoms with E-state index in [-0.39, 0.29) is 5.91 Å². The number of carbonyl (C=O) groups is 2. The minimum Gasteiger partial charge on any atom is -0.448 e. The zero-order valence-electron chi connectivity index (χ0n) is 13.4. The predicted molar refractivity (Wildman–Crippen MR) is 101 cm³/mol. The summed E-state index contributed by atoms with van der Waals surface area (Å²) in [6, 6.07) is 14.4. The van der Waals surface area contributed by atoms with Gasteiger partial charge in [-0.3, -0.25) is 10.1 Å². The molecule has 0 aliphatic carbocycles. The molecule has 2 heterocycles. The largest absolute Gasteiger partial charge is 0.448 e. The molecule has 1 aliphatic heterocycles. The zero-order valence-corrected chi connectivity index (χ0v) is 15.0. The fourth-order valence-electron chi connectivity index (χ4n) is 2.75. The summed E-state index contributed by atoms with van der Waals surface area (Å²) in [5.74, 6) is -0.863. The molecule has 2 aromatic carbocycles. The van der Waals surface area contributed by atoms with Crippen LogP contribution in [0.1, 0.15) is 15.9 Å². The van der Waals surface area contributed by atoms with E-state index >= 15 is 0 Å². The van der Waals surface area contributed by atoms with Crippen molar-refractivity contribution < 1.29 is 14.3 Å². The van der Waals surface area contributed by atoms with Crippen molar-refractivity contribution in [3.05, 3.63) is 70.1 Å². The quantitative estimate of drug-likeness (QED) is 0.688. The molecule has 1 aromatic heterocycles. The van der Waals surface area contributed by atoms with Crippen LogP contribution in [0, 0.1) is 0 Å². The number of thiazole rings is 1. The van der Waals surface area contributed by atoms with Crippen molar-refractivity contribution >= 4 is 39.9 Å². The summed E-state index contributed by atoms with van der Waals surface area (Å²) in [6.45, 7) is 0. The molecule has 1 atom stereocenters. The number of carbonyl (C=O) groups excluding carboxylic acids is 2. The maximum atomic E-state index is 12.5. The summed E-state index contributed by atoms with van der Waals surface area (Å²) in [5, 5.41) is 5.68. The summed E-state index contributed by atoms with van der Waals surface area (Å²) in [7, 11) is 0. The molecule has 1 aliphatic rings. The third kappa shape index (κ3) is 3.34. The highest BCUT2D eigenvalue weighted by molar-refractivity contribution is 7.14. The van der Waals surface area contributed by atoms with Gasteiger partial charge in [0.25, 0.3) is 5.91 Å². The number of anilines is 1. The molecule has 0 unspecified atom stereocenters. The van der Waals surface area contributed by atoms with Gasteiger partial charge in [-0.05, 0) is 23.8 Å². The van der Waals surface area contributed by atoms with Gasteiger partial charge in [0, 0.05) is 22.4 Å². The van der Waals surface area contributed by atoms with Gasteiger partial charge in [0.1, 0.15) is 0 Å². The Hall–Kier alpha value is -2.70. The number of ether oxygens (including phenoxy) is 1. The van der Waals surface area contributed by atoms with Crippen LogP contribution in [0.15, 0.2) is 53.9 Å². The van der Waals surface area contributed by atoms with Crippen LogP contribution in [0.4, 0.5) is 5.13 Å². The second-order valence-corrected chi connectivity index (χ2v) is 7.08. The maximum Gasteiger partial charge on any atom is 0.339 e. The molecule has 26 heavy (non-hydrogen) atoms. The van der Waals surface area contributed by atoms with Gasteiger partial charge in [-0.2, -0.15) is 0 Å². The van der Waals surface area contributed by atoms with Crippen molar-refractivity contribution in [3.8, 4) is 11.3 Å². The Morgan fingerprint density at radius 3 is 2.77 bits per heavy atom. The molecule has 0 radical (unpaired) electrons. The molecular weight excluding hydrogens is 372 g/mol. The topological polar surface area (TPSA) is 68.3 Å². The number of fused-ring (bicyclic) bond motifs is 1. The van der Waals surface area contributed by atoms with Crippen molar-refractivity contribution in [2.75, 3.05) is 5.32 Å². The number of nitrogens with one attached hydrogen (secondary N) is 1. The first-order valence-corrected chi connectivity index (χ1v) is 9.17. The van der Waals surface area contributed by atoms with E-state index < -0.39 is 12.1 Å². The van der Waals surface area contributed by atoms with Crippen LogP contribution < -0.4 is 5.32 Å². The third-order valence-corrected chi connectivity index (χ3v) is 5.07. The zero-order chi connectivity index (χ0) is 18.1. The van der Waals surface area contributed by atoms with Crippen molar-refractivity contribution in [1.82, 2.24) is 4.98 Å². The summed E-state index contributed by atoms with van der Waals surface area (Å²) in [6.07, 6.45) is -0.510. The minimum absolute atomic E-state index is 0.350. The van der Waals surface area contributed by atoms with E-state index in [1.807, 2.05) is 29.6 Å². The lowest BCUT2D eigenvalue weighted by Crippen LogP contribution is -2.37. The molecule has 130 valence electrons. The van der Waals surface area contributed by atoms with Gasteiger partial charge in [0.2, 0.25) is 0 Å². The lowest BCUT2D eigenvalue weighted by atomic mass is 9.98. The molecule has 0 fully saturated rings. The summed E-state index contributed by atoms with van der Waals surface area (Å²) >= 11 is 7.20. The molecule has 1 N–H and O–H groups in total. The van der Waals surface area contributed by atoms with Crippen LogP contribution in [0.2, 0.25) is 5.02 Å². The van der Waals surface area contributed by atoms with Crippen molar-refractivity contribution in [2.45, 2.75) is 12.5 Å². The Kier molecular flexibility index (Phi) is 4.44. The van der Waals surface area contributed by atoms with Gasteiger partial charge in [-0.15, -0.1) is 11.3 Å². The van der Waals surface area contributed by atoms with E-state index in [4.69, 9.17) is 16.3 Å². The summed E-state index contributed by atoms with van der Waals surface area (Å²) in [5.41, 5.74) is 2.97. The fourth-order valence-corrected chi connectivity index (χ4v) is 3.60. The number of hydrogen-bond acceptors (Lipinski definition) is 5. The minimum atomic E-state index is -0.861. The molecule has 7 heteroatoms. The molecule has 0 spiro atoms. The number of cyclic esters (lactones) is 1. The van der Waals surface area contributed by atoms with Crippen molar-refractivity contribution in [1.29, 1.82) is 0 Å². The lowest BCUT2D eigenvalue weighted by Gasteiger charge is -2.23. The van der Waals surface area contributed by atoms with Gasteiger partial charge < -0.3 is 4.74 Å². The third-order valence-electron chi connectivity index (χ3n) is 4.06. The van der Waals surface area contributed by atoms with Gasteiger partial charge in [0.15, 0.2) is 11.2 Å². The number of amides is 1. The van der Waals surface area contributed by atoms with Crippen LogP contribution in [0.5, 0.6) is 0 Å². The summed E-state index contributed by atoms with van der Waals surface area (Å²) in [4.78, 5) is 28.9. The number of aromatic nitrogens is 1. The number of esters is 1.